The molecular weight excluding hydrogens is 362 g/mol. The molecule has 0 bridgehead atoms. The van der Waals surface area contributed by atoms with Crippen LogP contribution in [0.1, 0.15) is 22.8 Å². The molecule has 29 heavy (non-hydrogen) atoms. The van der Waals surface area contributed by atoms with Gasteiger partial charge in [-0.2, -0.15) is 0 Å². The van der Waals surface area contributed by atoms with Gasteiger partial charge in [-0.05, 0) is 24.1 Å². The summed E-state index contributed by atoms with van der Waals surface area (Å²) in [4.78, 5) is 20.9. The van der Waals surface area contributed by atoms with Gasteiger partial charge >= 0.3 is 0 Å². The van der Waals surface area contributed by atoms with Gasteiger partial charge in [0.1, 0.15) is 12.4 Å². The molecule has 3 aromatic rings. The number of para-hydroxylation sites is 2. The molecule has 0 radical (unpaired) electrons. The second-order valence-corrected chi connectivity index (χ2v) is 7.60. The zero-order chi connectivity index (χ0) is 20.1. The van der Waals surface area contributed by atoms with Crippen LogP contribution in [0.15, 0.2) is 54.7 Å². The van der Waals surface area contributed by atoms with Crippen LogP contribution in [0.2, 0.25) is 0 Å². The van der Waals surface area contributed by atoms with Gasteiger partial charge in [-0.3, -0.25) is 14.6 Å². The minimum atomic E-state index is 0.199. The number of fused-ring (bicyclic) bond motifs is 1. The first-order valence-corrected chi connectivity index (χ1v) is 10.5. The summed E-state index contributed by atoms with van der Waals surface area (Å²) in [6.07, 6.45) is 2.84. The van der Waals surface area contributed by atoms with Gasteiger partial charge in [-0.1, -0.05) is 43.3 Å². The minimum Gasteiger partial charge on any atom is -0.492 e. The molecule has 0 unspecified atom stereocenters. The van der Waals surface area contributed by atoms with E-state index in [0.29, 0.717) is 13.2 Å². The molecule has 152 valence electrons. The minimum absolute atomic E-state index is 0.199. The van der Waals surface area contributed by atoms with Gasteiger partial charge in [-0.25, -0.2) is 0 Å². The molecule has 1 aliphatic heterocycles. The third-order valence-electron chi connectivity index (χ3n) is 5.73. The number of hydrogen-bond acceptors (Lipinski definition) is 4. The van der Waals surface area contributed by atoms with Crippen molar-refractivity contribution in [2.45, 2.75) is 13.3 Å². The van der Waals surface area contributed by atoms with E-state index in [1.807, 2.05) is 48.7 Å². The maximum atomic E-state index is 12.9. The number of aryl methyl sites for hydroxylation is 1. The fourth-order valence-electron chi connectivity index (χ4n) is 4.01. The topological polar surface area (TPSA) is 48.6 Å². The molecule has 2 heterocycles. The van der Waals surface area contributed by atoms with Crippen molar-refractivity contribution in [1.29, 1.82) is 0 Å². The average Bonchev–Trinajstić information content (AvgIpc) is 3.20. The van der Waals surface area contributed by atoms with Crippen LogP contribution < -0.4 is 4.74 Å². The Kier molecular flexibility index (Phi) is 6.27. The molecule has 0 aliphatic carbocycles. The van der Waals surface area contributed by atoms with E-state index in [9.17, 15) is 4.79 Å². The second kappa shape index (κ2) is 9.25. The number of aromatic amines is 1. The van der Waals surface area contributed by atoms with E-state index in [2.05, 4.69) is 27.8 Å². The summed E-state index contributed by atoms with van der Waals surface area (Å²) in [6, 6.07) is 16.1. The normalized spacial score (nSPS) is 15.6. The second-order valence-electron chi connectivity index (χ2n) is 7.60. The Morgan fingerprint density at radius 2 is 1.76 bits per heavy atom. The molecule has 5 nitrogen and oxygen atoms in total. The van der Waals surface area contributed by atoms with Gasteiger partial charge in [0.05, 0.1) is 6.54 Å². The summed E-state index contributed by atoms with van der Waals surface area (Å²) in [5.74, 6) is 1.12. The fourth-order valence-corrected chi connectivity index (χ4v) is 4.01. The van der Waals surface area contributed by atoms with Gasteiger partial charge in [0, 0.05) is 55.4 Å². The van der Waals surface area contributed by atoms with Crippen molar-refractivity contribution in [3.63, 3.8) is 0 Å². The van der Waals surface area contributed by atoms with E-state index >= 15 is 0 Å². The lowest BCUT2D eigenvalue weighted by molar-refractivity contribution is 0.0832. The Hall–Kier alpha value is -2.63. The Bertz CT molecular complexity index is 943. The largest absolute Gasteiger partial charge is 0.492 e. The van der Waals surface area contributed by atoms with Gasteiger partial charge in [-0.15, -0.1) is 0 Å². The molecule has 0 saturated carbocycles. The monoisotopic (exact) mass is 391 g/mol. The summed E-state index contributed by atoms with van der Waals surface area (Å²) in [5, 5.41) is 1.05. The highest BCUT2D eigenvalue weighted by Gasteiger charge is 2.21. The lowest BCUT2D eigenvalue weighted by Gasteiger charge is -2.34. The van der Waals surface area contributed by atoms with Gasteiger partial charge in [0.2, 0.25) is 0 Å². The van der Waals surface area contributed by atoms with Crippen LogP contribution in [0, 0.1) is 0 Å². The fraction of sp³-hybridized carbons (Fsp3) is 0.375. The van der Waals surface area contributed by atoms with Crippen LogP contribution in [-0.2, 0) is 6.42 Å². The Labute approximate surface area is 172 Å². The number of Topliss-reactive ketones (excluding diaryl/α,β-unsaturated/α-hetero) is 1. The summed E-state index contributed by atoms with van der Waals surface area (Å²) >= 11 is 0. The Morgan fingerprint density at radius 3 is 2.52 bits per heavy atom. The Morgan fingerprint density at radius 1 is 1.00 bits per heavy atom. The quantitative estimate of drug-likeness (QED) is 0.596. The third kappa shape index (κ3) is 4.69. The molecule has 0 amide bonds. The molecule has 1 N–H and O–H groups in total. The van der Waals surface area contributed by atoms with E-state index in [-0.39, 0.29) is 5.78 Å². The number of piperazine rings is 1. The maximum Gasteiger partial charge on any atom is 0.178 e. The van der Waals surface area contributed by atoms with Crippen molar-refractivity contribution in [2.24, 2.45) is 0 Å². The molecule has 2 aromatic carbocycles. The molecule has 1 aliphatic rings. The average molecular weight is 392 g/mol. The van der Waals surface area contributed by atoms with Crippen molar-refractivity contribution in [1.82, 2.24) is 14.8 Å². The zero-order valence-electron chi connectivity index (χ0n) is 17.1. The number of aromatic nitrogens is 1. The molecule has 1 saturated heterocycles. The standard InChI is InChI=1S/C24H29N3O2/c1-2-19-7-6-10-21-22(17-25-24(19)21)23(28)18-27-13-11-26(12-14-27)15-16-29-20-8-4-3-5-9-20/h3-10,17,25H,2,11-16,18H2,1H3. The number of benzene rings is 2. The maximum absolute atomic E-state index is 12.9. The molecule has 0 atom stereocenters. The van der Waals surface area contributed by atoms with Gasteiger partial charge < -0.3 is 9.72 Å². The number of ketones is 1. The van der Waals surface area contributed by atoms with E-state index in [0.717, 1.165) is 61.4 Å². The van der Waals surface area contributed by atoms with E-state index in [1.54, 1.807) is 0 Å². The predicted molar refractivity (Wildman–Crippen MR) is 117 cm³/mol. The van der Waals surface area contributed by atoms with Crippen LogP contribution in [0.5, 0.6) is 5.75 Å². The SMILES string of the molecule is CCc1cccc2c(C(=O)CN3CCN(CCOc4ccccc4)CC3)c[nH]c12. The lowest BCUT2D eigenvalue weighted by atomic mass is 10.0. The number of carbonyl (C=O) groups is 1. The number of nitrogens with zero attached hydrogens (tertiary/aromatic N) is 2. The van der Waals surface area contributed by atoms with E-state index < -0.39 is 0 Å². The van der Waals surface area contributed by atoms with Crippen LogP contribution in [0.3, 0.4) is 0 Å². The molecule has 1 fully saturated rings. The van der Waals surface area contributed by atoms with Crippen molar-refractivity contribution in [3.8, 4) is 5.75 Å². The number of carbonyl (C=O) groups excluding carboxylic acids is 1. The number of hydrogen-bond donors (Lipinski definition) is 1. The molecule has 1 aromatic heterocycles. The highest BCUT2D eigenvalue weighted by Crippen LogP contribution is 2.23. The predicted octanol–water partition coefficient (Wildman–Crippen LogP) is 3.61. The van der Waals surface area contributed by atoms with Crippen molar-refractivity contribution in [2.75, 3.05) is 45.9 Å². The smallest absolute Gasteiger partial charge is 0.178 e. The highest BCUT2D eigenvalue weighted by atomic mass is 16.5. The van der Waals surface area contributed by atoms with Crippen molar-refractivity contribution in [3.05, 3.63) is 65.9 Å². The van der Waals surface area contributed by atoms with Gasteiger partial charge in [0.15, 0.2) is 5.78 Å². The van der Waals surface area contributed by atoms with Crippen molar-refractivity contribution < 1.29 is 9.53 Å². The van der Waals surface area contributed by atoms with E-state index in [1.165, 1.54) is 5.56 Å². The van der Waals surface area contributed by atoms with Crippen LogP contribution >= 0.6 is 0 Å². The number of H-pyrrole nitrogens is 1. The lowest BCUT2D eigenvalue weighted by Crippen LogP contribution is -2.48. The van der Waals surface area contributed by atoms with E-state index in [4.69, 9.17) is 4.74 Å². The summed E-state index contributed by atoms with van der Waals surface area (Å²) < 4.78 is 5.80. The number of ether oxygens (including phenoxy) is 1. The first kappa shape index (κ1) is 19.7. The summed E-state index contributed by atoms with van der Waals surface area (Å²) in [6.45, 7) is 8.01. The van der Waals surface area contributed by atoms with Crippen molar-refractivity contribution >= 4 is 16.7 Å². The van der Waals surface area contributed by atoms with Crippen LogP contribution in [-0.4, -0.2) is 66.4 Å². The van der Waals surface area contributed by atoms with Gasteiger partial charge in [0.25, 0.3) is 0 Å². The first-order valence-electron chi connectivity index (χ1n) is 10.5. The first-order chi connectivity index (χ1) is 14.2. The van der Waals surface area contributed by atoms with Crippen LogP contribution in [0.25, 0.3) is 10.9 Å². The third-order valence-corrected chi connectivity index (χ3v) is 5.73. The zero-order valence-corrected chi connectivity index (χ0v) is 17.1. The van der Waals surface area contributed by atoms with Crippen LogP contribution in [0.4, 0.5) is 0 Å². The highest BCUT2D eigenvalue weighted by molar-refractivity contribution is 6.09. The summed E-state index contributed by atoms with van der Waals surface area (Å²) in [7, 11) is 0. The molecule has 4 rings (SSSR count). The number of rotatable bonds is 8. The molecule has 0 spiro atoms. The summed E-state index contributed by atoms with van der Waals surface area (Å²) in [5.41, 5.74) is 3.17. The Balaban J connectivity index is 1.26. The molecule has 5 heteroatoms. The molecular formula is C24H29N3O2. The number of nitrogens with one attached hydrogen (secondary N) is 1.